The molecule has 0 aromatic carbocycles. The first-order valence-corrected chi connectivity index (χ1v) is 4.67. The highest BCUT2D eigenvalue weighted by molar-refractivity contribution is 5.87. The zero-order valence-electron chi connectivity index (χ0n) is 8.65. The van der Waals surface area contributed by atoms with Gasteiger partial charge in [0.15, 0.2) is 5.69 Å². The topological polar surface area (TPSA) is 67.9 Å². The van der Waals surface area contributed by atoms with Crippen LogP contribution in [0.3, 0.4) is 0 Å². The molecule has 1 aliphatic rings. The van der Waals surface area contributed by atoms with E-state index >= 15 is 0 Å². The van der Waals surface area contributed by atoms with Gasteiger partial charge >= 0.3 is 5.97 Å². The van der Waals surface area contributed by atoms with Crippen LogP contribution in [0.2, 0.25) is 0 Å². The van der Waals surface area contributed by atoms with Gasteiger partial charge in [0.2, 0.25) is 0 Å². The summed E-state index contributed by atoms with van der Waals surface area (Å²) in [5.74, 6) is -0.467. The van der Waals surface area contributed by atoms with Gasteiger partial charge in [-0.1, -0.05) is 0 Å². The quantitative estimate of drug-likeness (QED) is 0.668. The third kappa shape index (κ3) is 1.38. The lowest BCUT2D eigenvalue weighted by Gasteiger charge is -2.04. The van der Waals surface area contributed by atoms with Crippen LogP contribution in [0.5, 0.6) is 0 Å². The highest BCUT2D eigenvalue weighted by atomic mass is 16.5. The lowest BCUT2D eigenvalue weighted by atomic mass is 10.0. The fraction of sp³-hybridized carbons (Fsp3) is 0.500. The number of methoxy groups -OCH3 is 1. The van der Waals surface area contributed by atoms with Crippen LogP contribution >= 0.6 is 0 Å². The average Bonchev–Trinajstić information content (AvgIpc) is 2.95. The number of nitrogens with zero attached hydrogens (tertiary/aromatic N) is 3. The van der Waals surface area contributed by atoms with Crippen molar-refractivity contribution in [3.8, 4) is 6.07 Å². The monoisotopic (exact) mass is 205 g/mol. The molecule has 0 N–H and O–H groups in total. The summed E-state index contributed by atoms with van der Waals surface area (Å²) >= 11 is 0. The molecule has 15 heavy (non-hydrogen) atoms. The normalized spacial score (nSPS) is 16.9. The van der Waals surface area contributed by atoms with E-state index in [9.17, 15) is 4.79 Å². The summed E-state index contributed by atoms with van der Waals surface area (Å²) in [4.78, 5) is 11.2. The number of esters is 1. The van der Waals surface area contributed by atoms with Gasteiger partial charge < -0.3 is 4.74 Å². The van der Waals surface area contributed by atoms with Crippen molar-refractivity contribution in [2.45, 2.75) is 18.3 Å². The van der Waals surface area contributed by atoms with Gasteiger partial charge in [-0.15, -0.1) is 0 Å². The van der Waals surface area contributed by atoms with Crippen LogP contribution in [0.25, 0.3) is 0 Å². The fourth-order valence-corrected chi connectivity index (χ4v) is 1.67. The minimum atomic E-state index is -0.467. The SMILES string of the molecule is COC(=O)c1cc(C2(C#N)CC2)n(C)n1. The molecule has 1 aromatic heterocycles. The van der Waals surface area contributed by atoms with Crippen LogP contribution in [0, 0.1) is 11.3 Å². The number of carbonyl (C=O) groups excluding carboxylic acids is 1. The van der Waals surface area contributed by atoms with E-state index in [4.69, 9.17) is 5.26 Å². The lowest BCUT2D eigenvalue weighted by molar-refractivity contribution is 0.0593. The molecule has 2 rings (SSSR count). The number of aryl methyl sites for hydroxylation is 1. The van der Waals surface area contributed by atoms with Crippen molar-refractivity contribution >= 4 is 5.97 Å². The van der Waals surface area contributed by atoms with Crippen molar-refractivity contribution in [3.05, 3.63) is 17.5 Å². The highest BCUT2D eigenvalue weighted by Crippen LogP contribution is 2.47. The maximum Gasteiger partial charge on any atom is 0.358 e. The minimum absolute atomic E-state index is 0.261. The van der Waals surface area contributed by atoms with E-state index in [1.165, 1.54) is 7.11 Å². The molecule has 0 amide bonds. The van der Waals surface area contributed by atoms with E-state index in [0.717, 1.165) is 18.5 Å². The molecule has 1 saturated carbocycles. The third-order valence-corrected chi connectivity index (χ3v) is 2.73. The van der Waals surface area contributed by atoms with Crippen molar-refractivity contribution in [3.63, 3.8) is 0 Å². The Hall–Kier alpha value is -1.83. The molecule has 0 unspecified atom stereocenters. The Morgan fingerprint density at radius 2 is 2.40 bits per heavy atom. The van der Waals surface area contributed by atoms with E-state index in [2.05, 4.69) is 15.9 Å². The summed E-state index contributed by atoms with van der Waals surface area (Å²) in [6.45, 7) is 0. The number of aromatic nitrogens is 2. The van der Waals surface area contributed by atoms with Gasteiger partial charge in [-0.25, -0.2) is 4.79 Å². The molecule has 1 heterocycles. The standard InChI is InChI=1S/C10H11N3O2/c1-13-8(10(6-11)3-4-10)5-7(12-13)9(14)15-2/h5H,3-4H2,1-2H3. The maximum absolute atomic E-state index is 11.2. The molecule has 1 aromatic rings. The Labute approximate surface area is 87.3 Å². The largest absolute Gasteiger partial charge is 0.464 e. The summed E-state index contributed by atoms with van der Waals surface area (Å²) in [5.41, 5.74) is 0.635. The van der Waals surface area contributed by atoms with E-state index < -0.39 is 11.4 Å². The Kier molecular flexibility index (Phi) is 2.00. The predicted octanol–water partition coefficient (Wildman–Crippen LogP) is 0.762. The van der Waals surface area contributed by atoms with Gasteiger partial charge in [0.1, 0.15) is 0 Å². The molecule has 0 aliphatic heterocycles. The molecule has 0 bridgehead atoms. The predicted molar refractivity (Wildman–Crippen MR) is 51.1 cm³/mol. The Bertz CT molecular complexity index is 452. The lowest BCUT2D eigenvalue weighted by Crippen LogP contribution is -2.09. The molecule has 0 saturated heterocycles. The van der Waals surface area contributed by atoms with Gasteiger partial charge in [-0.3, -0.25) is 4.68 Å². The Morgan fingerprint density at radius 3 is 2.87 bits per heavy atom. The van der Waals surface area contributed by atoms with Gasteiger partial charge in [0.05, 0.1) is 24.3 Å². The van der Waals surface area contributed by atoms with Gasteiger partial charge in [-0.05, 0) is 18.9 Å². The van der Waals surface area contributed by atoms with Crippen molar-refractivity contribution in [2.75, 3.05) is 7.11 Å². The summed E-state index contributed by atoms with van der Waals surface area (Å²) in [7, 11) is 3.05. The van der Waals surface area contributed by atoms with Crippen LogP contribution in [-0.2, 0) is 17.2 Å². The van der Waals surface area contributed by atoms with Crippen molar-refractivity contribution < 1.29 is 9.53 Å². The molecule has 78 valence electrons. The number of carbonyl (C=O) groups is 1. The first kappa shape index (κ1) is 9.71. The molecule has 0 radical (unpaired) electrons. The first-order valence-electron chi connectivity index (χ1n) is 4.67. The molecule has 1 fully saturated rings. The van der Waals surface area contributed by atoms with E-state index in [1.54, 1.807) is 17.8 Å². The van der Waals surface area contributed by atoms with Gasteiger partial charge in [0, 0.05) is 7.05 Å². The minimum Gasteiger partial charge on any atom is -0.464 e. The molecule has 0 spiro atoms. The molecular weight excluding hydrogens is 194 g/mol. The van der Waals surface area contributed by atoms with Crippen LogP contribution in [0.1, 0.15) is 29.0 Å². The number of rotatable bonds is 2. The second kappa shape index (κ2) is 3.09. The zero-order chi connectivity index (χ0) is 11.1. The average molecular weight is 205 g/mol. The van der Waals surface area contributed by atoms with Crippen molar-refractivity contribution in [1.29, 1.82) is 5.26 Å². The maximum atomic E-state index is 11.2. The van der Waals surface area contributed by atoms with Gasteiger partial charge in [0.25, 0.3) is 0 Å². The van der Waals surface area contributed by atoms with Gasteiger partial charge in [-0.2, -0.15) is 10.4 Å². The Balaban J connectivity index is 2.39. The smallest absolute Gasteiger partial charge is 0.358 e. The van der Waals surface area contributed by atoms with Crippen LogP contribution in [-0.4, -0.2) is 22.9 Å². The van der Waals surface area contributed by atoms with Crippen molar-refractivity contribution in [2.24, 2.45) is 7.05 Å². The fourth-order valence-electron chi connectivity index (χ4n) is 1.67. The summed E-state index contributed by atoms with van der Waals surface area (Å²) in [5, 5.41) is 13.1. The van der Waals surface area contributed by atoms with E-state index in [1.807, 2.05) is 0 Å². The highest BCUT2D eigenvalue weighted by Gasteiger charge is 2.47. The second-order valence-corrected chi connectivity index (χ2v) is 3.72. The second-order valence-electron chi connectivity index (χ2n) is 3.72. The number of hydrogen-bond acceptors (Lipinski definition) is 4. The summed E-state index contributed by atoms with van der Waals surface area (Å²) in [6, 6.07) is 3.91. The molecular formula is C10H11N3O2. The molecule has 1 aliphatic carbocycles. The van der Waals surface area contributed by atoms with Crippen LogP contribution in [0.4, 0.5) is 0 Å². The van der Waals surface area contributed by atoms with Crippen LogP contribution < -0.4 is 0 Å². The van der Waals surface area contributed by atoms with Crippen molar-refractivity contribution in [1.82, 2.24) is 9.78 Å². The number of nitriles is 1. The number of ether oxygens (including phenoxy) is 1. The summed E-state index contributed by atoms with van der Waals surface area (Å²) < 4.78 is 6.16. The number of hydrogen-bond donors (Lipinski definition) is 0. The zero-order valence-corrected chi connectivity index (χ0v) is 8.65. The molecule has 5 heteroatoms. The third-order valence-electron chi connectivity index (χ3n) is 2.73. The Morgan fingerprint density at radius 1 is 1.73 bits per heavy atom. The van der Waals surface area contributed by atoms with E-state index in [0.29, 0.717) is 0 Å². The summed E-state index contributed by atoms with van der Waals surface area (Å²) in [6.07, 6.45) is 1.67. The molecule has 5 nitrogen and oxygen atoms in total. The van der Waals surface area contributed by atoms with Crippen LogP contribution in [0.15, 0.2) is 6.07 Å². The molecule has 0 atom stereocenters. The van der Waals surface area contributed by atoms with E-state index in [-0.39, 0.29) is 5.69 Å². The first-order chi connectivity index (χ1) is 7.13.